The lowest BCUT2D eigenvalue weighted by molar-refractivity contribution is 0.278. The summed E-state index contributed by atoms with van der Waals surface area (Å²) in [5, 5.41) is 9.53. The zero-order valence-electron chi connectivity index (χ0n) is 7.05. The molecule has 1 aliphatic heterocycles. The lowest BCUT2D eigenvalue weighted by atomic mass is 10.1. The number of nitrogens with zero attached hydrogens (tertiary/aromatic N) is 2. The summed E-state index contributed by atoms with van der Waals surface area (Å²) in [5.74, 6) is 0. The van der Waals surface area contributed by atoms with E-state index in [1.165, 1.54) is 5.71 Å². The second-order valence-electron chi connectivity index (χ2n) is 2.82. The number of nitrogens with one attached hydrogen (secondary N) is 1. The second kappa shape index (κ2) is 2.58. The summed E-state index contributed by atoms with van der Waals surface area (Å²) in [6, 6.07) is 0.926. The Morgan fingerprint density at radius 2 is 2.20 bits per heavy atom. The summed E-state index contributed by atoms with van der Waals surface area (Å²) >= 11 is 0. The third-order valence-corrected chi connectivity index (χ3v) is 2.15. The second-order valence-corrected chi connectivity index (χ2v) is 2.82. The van der Waals surface area contributed by atoms with E-state index in [4.69, 9.17) is 0 Å². The summed E-state index contributed by atoms with van der Waals surface area (Å²) in [6.45, 7) is 4.22. The Hall–Kier alpha value is -0.570. The lowest BCUT2D eigenvalue weighted by Crippen LogP contribution is -2.41. The molecule has 10 heavy (non-hydrogen) atoms. The molecule has 1 rings (SSSR count). The number of rotatable bonds is 1. The zero-order valence-corrected chi connectivity index (χ0v) is 7.05. The monoisotopic (exact) mass is 141 g/mol. The van der Waals surface area contributed by atoms with Gasteiger partial charge in [0.2, 0.25) is 0 Å². The summed E-state index contributed by atoms with van der Waals surface area (Å²) in [6.07, 6.45) is 0. The van der Waals surface area contributed by atoms with Gasteiger partial charge in [-0.05, 0) is 20.9 Å². The van der Waals surface area contributed by atoms with Crippen LogP contribution in [-0.4, -0.2) is 36.9 Å². The van der Waals surface area contributed by atoms with Gasteiger partial charge >= 0.3 is 0 Å². The van der Waals surface area contributed by atoms with Gasteiger partial charge in [-0.3, -0.25) is 5.01 Å². The highest BCUT2D eigenvalue weighted by Gasteiger charge is 2.27. The van der Waals surface area contributed by atoms with E-state index < -0.39 is 0 Å². The van der Waals surface area contributed by atoms with E-state index in [2.05, 4.69) is 24.3 Å². The van der Waals surface area contributed by atoms with Gasteiger partial charge in [-0.25, -0.2) is 0 Å². The third-order valence-electron chi connectivity index (χ3n) is 2.15. The minimum Gasteiger partial charge on any atom is -0.310 e. The quantitative estimate of drug-likeness (QED) is 0.568. The number of hydrazone groups is 1. The van der Waals surface area contributed by atoms with Crippen LogP contribution in [0.2, 0.25) is 0 Å². The predicted molar refractivity (Wildman–Crippen MR) is 43.2 cm³/mol. The number of hydrogen-bond acceptors (Lipinski definition) is 3. The molecule has 0 bridgehead atoms. The van der Waals surface area contributed by atoms with Gasteiger partial charge < -0.3 is 5.32 Å². The van der Waals surface area contributed by atoms with Crippen LogP contribution >= 0.6 is 0 Å². The van der Waals surface area contributed by atoms with Crippen LogP contribution in [0.25, 0.3) is 0 Å². The first-order chi connectivity index (χ1) is 4.66. The fourth-order valence-corrected chi connectivity index (χ4v) is 1.42. The Kier molecular flexibility index (Phi) is 1.94. The van der Waals surface area contributed by atoms with Crippen molar-refractivity contribution in [3.63, 3.8) is 0 Å². The Morgan fingerprint density at radius 1 is 1.60 bits per heavy atom. The van der Waals surface area contributed by atoms with Crippen LogP contribution in [0, 0.1) is 0 Å². The molecule has 0 aliphatic carbocycles. The maximum absolute atomic E-state index is 4.31. The first-order valence-electron chi connectivity index (χ1n) is 3.62. The fraction of sp³-hybridized carbons (Fsp3) is 0.857. The van der Waals surface area contributed by atoms with E-state index in [0.29, 0.717) is 12.1 Å². The van der Waals surface area contributed by atoms with Crippen LogP contribution in [0.3, 0.4) is 0 Å². The summed E-state index contributed by atoms with van der Waals surface area (Å²) in [7, 11) is 3.98. The van der Waals surface area contributed by atoms with Crippen molar-refractivity contribution < 1.29 is 0 Å². The average Bonchev–Trinajstić information content (AvgIpc) is 2.09. The van der Waals surface area contributed by atoms with Gasteiger partial charge in [-0.1, -0.05) is 0 Å². The molecule has 0 aromatic heterocycles. The topological polar surface area (TPSA) is 27.6 Å². The molecule has 2 unspecified atom stereocenters. The van der Waals surface area contributed by atoms with E-state index in [9.17, 15) is 0 Å². The van der Waals surface area contributed by atoms with Crippen LogP contribution in [0.15, 0.2) is 5.10 Å². The van der Waals surface area contributed by atoms with E-state index in [-0.39, 0.29) is 0 Å². The van der Waals surface area contributed by atoms with Crippen molar-refractivity contribution in [2.75, 3.05) is 14.1 Å². The molecule has 0 fully saturated rings. The Bertz CT molecular complexity index is 153. The van der Waals surface area contributed by atoms with Crippen LogP contribution in [0.1, 0.15) is 13.8 Å². The molecule has 2 atom stereocenters. The van der Waals surface area contributed by atoms with Gasteiger partial charge in [-0.2, -0.15) is 5.10 Å². The molecule has 3 heteroatoms. The van der Waals surface area contributed by atoms with Crippen molar-refractivity contribution in [3.05, 3.63) is 0 Å². The Morgan fingerprint density at radius 3 is 2.40 bits per heavy atom. The molecule has 0 radical (unpaired) electrons. The summed E-state index contributed by atoms with van der Waals surface area (Å²) in [5.41, 5.74) is 1.18. The highest BCUT2D eigenvalue weighted by Crippen LogP contribution is 2.11. The molecular weight excluding hydrogens is 126 g/mol. The summed E-state index contributed by atoms with van der Waals surface area (Å²) in [4.78, 5) is 0. The third kappa shape index (κ3) is 1.01. The fourth-order valence-electron chi connectivity index (χ4n) is 1.42. The molecule has 1 N–H and O–H groups in total. The molecule has 1 heterocycles. The molecule has 0 saturated heterocycles. The van der Waals surface area contributed by atoms with E-state index in [0.717, 1.165) is 0 Å². The van der Waals surface area contributed by atoms with Gasteiger partial charge in [0.25, 0.3) is 0 Å². The summed E-state index contributed by atoms with van der Waals surface area (Å²) < 4.78 is 0. The lowest BCUT2D eigenvalue weighted by Gasteiger charge is -2.19. The van der Waals surface area contributed by atoms with Crippen LogP contribution < -0.4 is 5.32 Å². The Labute approximate surface area is 62.1 Å². The minimum atomic E-state index is 0.435. The number of hydrogen-bond donors (Lipinski definition) is 1. The SMILES string of the molecule is CNC1C(C)=NN(C)C1C. The van der Waals surface area contributed by atoms with Crippen molar-refractivity contribution in [2.45, 2.75) is 25.9 Å². The first-order valence-corrected chi connectivity index (χ1v) is 3.62. The van der Waals surface area contributed by atoms with E-state index in [1.807, 2.05) is 19.1 Å². The Balaban J connectivity index is 2.68. The van der Waals surface area contributed by atoms with Crippen LogP contribution in [0.4, 0.5) is 0 Å². The smallest absolute Gasteiger partial charge is 0.0688 e. The average molecular weight is 141 g/mol. The minimum absolute atomic E-state index is 0.435. The van der Waals surface area contributed by atoms with Crippen LogP contribution in [0.5, 0.6) is 0 Å². The zero-order chi connectivity index (χ0) is 7.72. The molecule has 58 valence electrons. The molecule has 0 aromatic rings. The van der Waals surface area contributed by atoms with Gasteiger partial charge in [0.15, 0.2) is 0 Å². The van der Waals surface area contributed by atoms with Gasteiger partial charge in [0, 0.05) is 7.05 Å². The molecule has 0 spiro atoms. The number of likely N-dealkylation sites (N-methyl/N-ethyl adjacent to an activating group) is 2. The normalized spacial score (nSPS) is 32.8. The van der Waals surface area contributed by atoms with E-state index in [1.54, 1.807) is 0 Å². The first kappa shape index (κ1) is 7.54. The molecule has 0 saturated carbocycles. The predicted octanol–water partition coefficient (Wildman–Crippen LogP) is 0.284. The van der Waals surface area contributed by atoms with Crippen molar-refractivity contribution in [3.8, 4) is 0 Å². The van der Waals surface area contributed by atoms with Crippen molar-refractivity contribution in [2.24, 2.45) is 5.10 Å². The highest BCUT2D eigenvalue weighted by molar-refractivity contribution is 5.89. The maximum atomic E-state index is 4.31. The molecule has 0 amide bonds. The maximum Gasteiger partial charge on any atom is 0.0688 e. The van der Waals surface area contributed by atoms with Crippen LogP contribution in [-0.2, 0) is 0 Å². The molecular formula is C7H15N3. The van der Waals surface area contributed by atoms with Gasteiger partial charge in [-0.15, -0.1) is 0 Å². The highest BCUT2D eigenvalue weighted by atomic mass is 15.5. The van der Waals surface area contributed by atoms with Crippen molar-refractivity contribution in [1.82, 2.24) is 10.3 Å². The molecule has 0 aromatic carbocycles. The van der Waals surface area contributed by atoms with Crippen molar-refractivity contribution in [1.29, 1.82) is 0 Å². The van der Waals surface area contributed by atoms with E-state index >= 15 is 0 Å². The van der Waals surface area contributed by atoms with Gasteiger partial charge in [0.1, 0.15) is 0 Å². The molecule has 3 nitrogen and oxygen atoms in total. The molecule has 1 aliphatic rings. The van der Waals surface area contributed by atoms with Gasteiger partial charge in [0.05, 0.1) is 17.8 Å². The van der Waals surface area contributed by atoms with Crippen molar-refractivity contribution >= 4 is 5.71 Å². The standard InChI is InChI=1S/C7H15N3/c1-5-7(8-3)6(2)10(4)9-5/h6-8H,1-4H3. The largest absolute Gasteiger partial charge is 0.310 e.